The second kappa shape index (κ2) is 6.41. The summed E-state index contributed by atoms with van der Waals surface area (Å²) in [5.74, 6) is 0.667. The number of ether oxygens (including phenoxy) is 1. The lowest BCUT2D eigenvalue weighted by molar-refractivity contribution is 0.00828. The molecule has 0 bridgehead atoms. The lowest BCUT2D eigenvalue weighted by atomic mass is 10.1. The number of tetrazole rings is 1. The molecule has 2 heterocycles. The Balaban J connectivity index is 1.74. The summed E-state index contributed by atoms with van der Waals surface area (Å²) in [6.45, 7) is 1.58. The van der Waals surface area contributed by atoms with E-state index in [0.717, 1.165) is 38.0 Å². The first-order valence-electron chi connectivity index (χ1n) is 7.17. The minimum Gasteiger partial charge on any atom is -0.398 e. The Labute approximate surface area is 128 Å². The minimum absolute atomic E-state index is 0.304. The summed E-state index contributed by atoms with van der Waals surface area (Å²) in [4.78, 5) is 0. The smallest absolute Gasteiger partial charge is 0.184 e. The van der Waals surface area contributed by atoms with Gasteiger partial charge in [-0.3, -0.25) is 0 Å². The molecule has 1 fully saturated rings. The van der Waals surface area contributed by atoms with Crippen LogP contribution in [0.1, 0.15) is 25.7 Å². The molecule has 7 heteroatoms. The van der Waals surface area contributed by atoms with E-state index in [9.17, 15) is 0 Å². The molecule has 1 aliphatic rings. The summed E-state index contributed by atoms with van der Waals surface area (Å²) >= 11 is 5.93. The van der Waals surface area contributed by atoms with Crippen molar-refractivity contribution in [3.63, 3.8) is 0 Å². The van der Waals surface area contributed by atoms with Gasteiger partial charge in [-0.05, 0) is 54.3 Å². The fourth-order valence-corrected chi connectivity index (χ4v) is 2.77. The van der Waals surface area contributed by atoms with E-state index in [1.54, 1.807) is 16.8 Å². The standard InChI is InChI=1S/C14H18ClN5O/c15-10-4-5-12(13(16)9-10)14-17-18-19-20(14)7-6-11-3-1-2-8-21-11/h4-5,9,11H,1-3,6-8,16H2. The van der Waals surface area contributed by atoms with Gasteiger partial charge in [0, 0.05) is 29.4 Å². The van der Waals surface area contributed by atoms with Crippen LogP contribution < -0.4 is 5.73 Å². The number of aromatic nitrogens is 4. The van der Waals surface area contributed by atoms with Crippen LogP contribution >= 0.6 is 11.6 Å². The normalized spacial score (nSPS) is 18.8. The van der Waals surface area contributed by atoms with Crippen LogP contribution in [0.5, 0.6) is 0 Å². The highest BCUT2D eigenvalue weighted by molar-refractivity contribution is 6.31. The molecular formula is C14H18ClN5O. The van der Waals surface area contributed by atoms with Crippen LogP contribution in [0.15, 0.2) is 18.2 Å². The van der Waals surface area contributed by atoms with Crippen LogP contribution in [0.4, 0.5) is 5.69 Å². The van der Waals surface area contributed by atoms with E-state index in [1.807, 2.05) is 6.07 Å². The van der Waals surface area contributed by atoms with Gasteiger partial charge in [-0.15, -0.1) is 5.10 Å². The largest absolute Gasteiger partial charge is 0.398 e. The SMILES string of the molecule is Nc1cc(Cl)ccc1-c1nnnn1CCC1CCCCO1. The molecule has 0 saturated carbocycles. The van der Waals surface area contributed by atoms with E-state index >= 15 is 0 Å². The van der Waals surface area contributed by atoms with Crippen molar-refractivity contribution >= 4 is 17.3 Å². The molecule has 0 amide bonds. The van der Waals surface area contributed by atoms with Crippen molar-refractivity contribution in [1.82, 2.24) is 20.2 Å². The molecule has 3 rings (SSSR count). The average Bonchev–Trinajstić information content (AvgIpc) is 2.94. The molecular weight excluding hydrogens is 290 g/mol. The maximum Gasteiger partial charge on any atom is 0.184 e. The molecule has 0 aliphatic carbocycles. The van der Waals surface area contributed by atoms with E-state index in [4.69, 9.17) is 22.1 Å². The topological polar surface area (TPSA) is 78.9 Å². The molecule has 1 unspecified atom stereocenters. The van der Waals surface area contributed by atoms with Crippen LogP contribution in [0.3, 0.4) is 0 Å². The maximum atomic E-state index is 6.00. The van der Waals surface area contributed by atoms with Gasteiger partial charge in [0.1, 0.15) is 0 Å². The van der Waals surface area contributed by atoms with Gasteiger partial charge >= 0.3 is 0 Å². The van der Waals surface area contributed by atoms with Crippen molar-refractivity contribution in [2.24, 2.45) is 0 Å². The van der Waals surface area contributed by atoms with Crippen LogP contribution in [0, 0.1) is 0 Å². The highest BCUT2D eigenvalue weighted by Gasteiger charge is 2.17. The third-order valence-electron chi connectivity index (χ3n) is 3.72. The molecule has 1 saturated heterocycles. The number of rotatable bonds is 4. The molecule has 1 aliphatic heterocycles. The predicted octanol–water partition coefficient (Wildman–Crippen LogP) is 2.53. The Kier molecular flexibility index (Phi) is 4.36. The molecule has 0 spiro atoms. The van der Waals surface area contributed by atoms with Gasteiger partial charge < -0.3 is 10.5 Å². The number of aryl methyl sites for hydroxylation is 1. The number of hydrogen-bond donors (Lipinski definition) is 1. The van der Waals surface area contributed by atoms with Gasteiger partial charge in [0.05, 0.1) is 6.10 Å². The zero-order valence-corrected chi connectivity index (χ0v) is 12.5. The molecule has 2 aromatic rings. The van der Waals surface area contributed by atoms with Crippen molar-refractivity contribution in [2.45, 2.75) is 38.3 Å². The molecule has 1 aromatic heterocycles. The summed E-state index contributed by atoms with van der Waals surface area (Å²) in [5.41, 5.74) is 7.38. The van der Waals surface area contributed by atoms with Crippen molar-refractivity contribution in [1.29, 1.82) is 0 Å². The highest BCUT2D eigenvalue weighted by Crippen LogP contribution is 2.27. The Bertz CT molecular complexity index is 609. The van der Waals surface area contributed by atoms with Crippen molar-refractivity contribution in [3.05, 3.63) is 23.2 Å². The predicted molar refractivity (Wildman–Crippen MR) is 80.9 cm³/mol. The summed E-state index contributed by atoms with van der Waals surface area (Å²) in [6.07, 6.45) is 4.72. The lowest BCUT2D eigenvalue weighted by Crippen LogP contribution is -2.21. The lowest BCUT2D eigenvalue weighted by Gasteiger charge is -2.22. The van der Waals surface area contributed by atoms with Crippen molar-refractivity contribution in [2.75, 3.05) is 12.3 Å². The molecule has 21 heavy (non-hydrogen) atoms. The van der Waals surface area contributed by atoms with Crippen molar-refractivity contribution in [3.8, 4) is 11.4 Å². The molecule has 6 nitrogen and oxygen atoms in total. The van der Waals surface area contributed by atoms with E-state index < -0.39 is 0 Å². The molecule has 0 radical (unpaired) electrons. The number of halogens is 1. The Morgan fingerprint density at radius 1 is 1.38 bits per heavy atom. The number of hydrogen-bond acceptors (Lipinski definition) is 5. The van der Waals surface area contributed by atoms with Crippen LogP contribution in [-0.4, -0.2) is 32.9 Å². The summed E-state index contributed by atoms with van der Waals surface area (Å²) < 4.78 is 7.51. The fraction of sp³-hybridized carbons (Fsp3) is 0.500. The zero-order chi connectivity index (χ0) is 14.7. The van der Waals surface area contributed by atoms with Crippen LogP contribution in [-0.2, 0) is 11.3 Å². The summed E-state index contributed by atoms with van der Waals surface area (Å²) in [6, 6.07) is 5.34. The fourth-order valence-electron chi connectivity index (χ4n) is 2.59. The van der Waals surface area contributed by atoms with Crippen molar-refractivity contribution < 1.29 is 4.74 Å². The molecule has 112 valence electrons. The van der Waals surface area contributed by atoms with Gasteiger partial charge in [-0.2, -0.15) is 0 Å². The van der Waals surface area contributed by atoms with E-state index in [2.05, 4.69) is 15.5 Å². The third kappa shape index (κ3) is 3.33. The van der Waals surface area contributed by atoms with E-state index in [0.29, 0.717) is 22.6 Å². The summed E-state index contributed by atoms with van der Waals surface area (Å²) in [5, 5.41) is 12.5. The van der Waals surface area contributed by atoms with Gasteiger partial charge in [0.15, 0.2) is 5.82 Å². The molecule has 2 N–H and O–H groups in total. The maximum absolute atomic E-state index is 6.00. The number of anilines is 1. The van der Waals surface area contributed by atoms with Gasteiger partial charge in [0.2, 0.25) is 0 Å². The zero-order valence-electron chi connectivity index (χ0n) is 11.7. The minimum atomic E-state index is 0.304. The van der Waals surface area contributed by atoms with Gasteiger partial charge in [-0.25, -0.2) is 4.68 Å². The number of nitrogens with two attached hydrogens (primary N) is 1. The quantitative estimate of drug-likeness (QED) is 0.878. The highest BCUT2D eigenvalue weighted by atomic mass is 35.5. The van der Waals surface area contributed by atoms with E-state index in [-0.39, 0.29) is 0 Å². The first kappa shape index (κ1) is 14.3. The second-order valence-electron chi connectivity index (χ2n) is 5.23. The van der Waals surface area contributed by atoms with Gasteiger partial charge in [-0.1, -0.05) is 11.6 Å². The Morgan fingerprint density at radius 3 is 3.05 bits per heavy atom. The van der Waals surface area contributed by atoms with E-state index in [1.165, 1.54) is 6.42 Å². The molecule has 1 atom stereocenters. The number of nitrogens with zero attached hydrogens (tertiary/aromatic N) is 4. The first-order chi connectivity index (χ1) is 10.2. The Morgan fingerprint density at radius 2 is 2.29 bits per heavy atom. The number of nitrogen functional groups attached to an aromatic ring is 1. The number of benzene rings is 1. The second-order valence-corrected chi connectivity index (χ2v) is 5.67. The summed E-state index contributed by atoms with van der Waals surface area (Å²) in [7, 11) is 0. The first-order valence-corrected chi connectivity index (χ1v) is 7.55. The van der Waals surface area contributed by atoms with Crippen LogP contribution in [0.25, 0.3) is 11.4 Å². The average molecular weight is 308 g/mol. The Hall–Kier alpha value is -1.66. The third-order valence-corrected chi connectivity index (χ3v) is 3.96. The molecule has 1 aromatic carbocycles. The van der Waals surface area contributed by atoms with Gasteiger partial charge in [0.25, 0.3) is 0 Å². The van der Waals surface area contributed by atoms with Crippen LogP contribution in [0.2, 0.25) is 5.02 Å². The monoisotopic (exact) mass is 307 g/mol.